The van der Waals surface area contributed by atoms with Crippen molar-refractivity contribution >= 4 is 29.1 Å². The first kappa shape index (κ1) is 15.1. The van der Waals surface area contributed by atoms with Crippen LogP contribution in [0.2, 0.25) is 5.02 Å². The fraction of sp³-hybridized carbons (Fsp3) is 0.333. The third kappa shape index (κ3) is 3.25. The molecule has 2 aromatic rings. The maximum atomic E-state index is 12.3. The molecular formula is C15H17ClN2OS. The monoisotopic (exact) mass is 308 g/mol. The lowest BCUT2D eigenvalue weighted by molar-refractivity contribution is 0.102. The molecule has 106 valence electrons. The molecule has 2 heterocycles. The van der Waals surface area contributed by atoms with Crippen molar-refractivity contribution in [1.82, 2.24) is 9.55 Å². The van der Waals surface area contributed by atoms with Gasteiger partial charge in [-0.1, -0.05) is 23.4 Å². The first-order chi connectivity index (χ1) is 9.52. The number of aromatic nitrogens is 2. The number of ketones is 1. The number of rotatable bonds is 5. The summed E-state index contributed by atoms with van der Waals surface area (Å²) in [5.74, 6) is 0.530. The minimum atomic E-state index is 0.138. The van der Waals surface area contributed by atoms with Crippen molar-refractivity contribution in [2.24, 2.45) is 0 Å². The van der Waals surface area contributed by atoms with E-state index in [4.69, 9.17) is 11.6 Å². The smallest absolute Gasteiger partial charge is 0.174 e. The summed E-state index contributed by atoms with van der Waals surface area (Å²) in [6, 6.07) is 5.58. The van der Waals surface area contributed by atoms with E-state index >= 15 is 0 Å². The molecule has 0 atom stereocenters. The molecule has 0 aliphatic heterocycles. The number of thioether (sulfide) groups is 1. The molecule has 0 unspecified atom stereocenters. The van der Waals surface area contributed by atoms with Gasteiger partial charge in [-0.25, -0.2) is 4.98 Å². The van der Waals surface area contributed by atoms with Crippen LogP contribution in [0.1, 0.15) is 28.7 Å². The van der Waals surface area contributed by atoms with Crippen molar-refractivity contribution in [3.05, 3.63) is 46.4 Å². The second kappa shape index (κ2) is 6.46. The van der Waals surface area contributed by atoms with Crippen LogP contribution in [0.15, 0.2) is 29.4 Å². The minimum absolute atomic E-state index is 0.138. The van der Waals surface area contributed by atoms with Crippen LogP contribution >= 0.6 is 23.4 Å². The highest BCUT2D eigenvalue weighted by Crippen LogP contribution is 2.21. The number of aryl methyl sites for hydroxylation is 1. The van der Waals surface area contributed by atoms with E-state index < -0.39 is 0 Å². The molecule has 2 rings (SSSR count). The summed E-state index contributed by atoms with van der Waals surface area (Å²) in [7, 11) is 0. The van der Waals surface area contributed by atoms with Crippen LogP contribution in [0.25, 0.3) is 0 Å². The molecule has 0 bridgehead atoms. The van der Waals surface area contributed by atoms with Gasteiger partial charge in [0.05, 0.1) is 15.8 Å². The fourth-order valence-electron chi connectivity index (χ4n) is 2.23. The third-order valence-electron chi connectivity index (χ3n) is 3.24. The average Bonchev–Trinajstić information content (AvgIpc) is 2.72. The Kier molecular flexibility index (Phi) is 4.89. The molecule has 0 spiro atoms. The van der Waals surface area contributed by atoms with Gasteiger partial charge >= 0.3 is 0 Å². The summed E-state index contributed by atoms with van der Waals surface area (Å²) in [5, 5.41) is 1.42. The van der Waals surface area contributed by atoms with E-state index in [1.54, 1.807) is 12.3 Å². The Morgan fingerprint density at radius 2 is 2.15 bits per heavy atom. The lowest BCUT2D eigenvalue weighted by atomic mass is 10.2. The Hall–Kier alpha value is -1.26. The molecule has 0 aliphatic carbocycles. The first-order valence-corrected chi connectivity index (χ1v) is 7.83. The second-order valence-electron chi connectivity index (χ2n) is 4.56. The van der Waals surface area contributed by atoms with Crippen molar-refractivity contribution in [1.29, 1.82) is 0 Å². The lowest BCUT2D eigenvalue weighted by Crippen LogP contribution is -2.05. The average molecular weight is 309 g/mol. The summed E-state index contributed by atoms with van der Waals surface area (Å²) in [4.78, 5) is 16.5. The maximum Gasteiger partial charge on any atom is 0.174 e. The zero-order chi connectivity index (χ0) is 14.7. The summed E-state index contributed by atoms with van der Waals surface area (Å²) < 4.78 is 2.15. The van der Waals surface area contributed by atoms with Crippen LogP contribution in [0, 0.1) is 13.8 Å². The third-order valence-corrected chi connectivity index (χ3v) is 4.41. The van der Waals surface area contributed by atoms with Gasteiger partial charge in [0.15, 0.2) is 5.78 Å². The Bertz CT molecular complexity index is 620. The number of nitrogens with zero attached hydrogens (tertiary/aromatic N) is 2. The summed E-state index contributed by atoms with van der Waals surface area (Å²) in [6.07, 6.45) is 1.59. The topological polar surface area (TPSA) is 34.9 Å². The van der Waals surface area contributed by atoms with Gasteiger partial charge in [0, 0.05) is 29.7 Å². The van der Waals surface area contributed by atoms with Gasteiger partial charge in [-0.15, -0.1) is 0 Å². The van der Waals surface area contributed by atoms with Gasteiger partial charge in [-0.3, -0.25) is 4.79 Å². The summed E-state index contributed by atoms with van der Waals surface area (Å²) >= 11 is 7.22. The van der Waals surface area contributed by atoms with E-state index in [-0.39, 0.29) is 5.78 Å². The Morgan fingerprint density at radius 3 is 2.70 bits per heavy atom. The number of carbonyl (C=O) groups excluding carboxylic acids is 1. The number of pyridine rings is 1. The number of Topliss-reactive ketones (excluding diaryl/α,β-unsaturated/α-hetero) is 1. The maximum absolute atomic E-state index is 12.3. The zero-order valence-electron chi connectivity index (χ0n) is 11.8. The summed E-state index contributed by atoms with van der Waals surface area (Å²) in [5.41, 5.74) is 2.98. The van der Waals surface area contributed by atoms with Gasteiger partial charge in [-0.2, -0.15) is 0 Å². The quantitative estimate of drug-likeness (QED) is 0.615. The van der Waals surface area contributed by atoms with Gasteiger partial charge in [0.1, 0.15) is 0 Å². The van der Waals surface area contributed by atoms with Gasteiger partial charge in [-0.05, 0) is 39.0 Å². The zero-order valence-corrected chi connectivity index (χ0v) is 13.4. The molecule has 5 heteroatoms. The van der Waals surface area contributed by atoms with Gasteiger partial charge in [0.2, 0.25) is 0 Å². The van der Waals surface area contributed by atoms with Crippen LogP contribution in [0.5, 0.6) is 0 Å². The van der Waals surface area contributed by atoms with Gasteiger partial charge in [0.25, 0.3) is 0 Å². The van der Waals surface area contributed by atoms with E-state index in [2.05, 4.69) is 16.5 Å². The molecule has 0 saturated carbocycles. The molecule has 0 aromatic carbocycles. The van der Waals surface area contributed by atoms with Crippen molar-refractivity contribution in [2.45, 2.75) is 32.3 Å². The molecular weight excluding hydrogens is 292 g/mol. The van der Waals surface area contributed by atoms with Gasteiger partial charge < -0.3 is 4.57 Å². The van der Waals surface area contributed by atoms with Crippen molar-refractivity contribution in [3.8, 4) is 0 Å². The number of hydrogen-bond donors (Lipinski definition) is 0. The standard InChI is InChI=1S/C15H17ClN2OS/c1-4-18-10(2)7-13(11(18)3)14(19)9-20-15-6-5-12(16)8-17-15/h5-8H,4,9H2,1-3H3. The molecule has 0 fully saturated rings. The predicted molar refractivity (Wildman–Crippen MR) is 83.9 cm³/mol. The second-order valence-corrected chi connectivity index (χ2v) is 5.99. The Balaban J connectivity index is 2.07. The molecule has 0 saturated heterocycles. The molecule has 0 amide bonds. The van der Waals surface area contributed by atoms with E-state index in [1.165, 1.54) is 11.8 Å². The van der Waals surface area contributed by atoms with E-state index in [0.717, 1.165) is 28.5 Å². The lowest BCUT2D eigenvalue weighted by Gasteiger charge is -2.05. The Labute approximate surface area is 128 Å². The molecule has 0 radical (unpaired) electrons. The fourth-order valence-corrected chi connectivity index (χ4v) is 3.07. The predicted octanol–water partition coefficient (Wildman–Crippen LogP) is 4.15. The van der Waals surface area contributed by atoms with Crippen molar-refractivity contribution < 1.29 is 4.79 Å². The van der Waals surface area contributed by atoms with E-state index in [9.17, 15) is 4.79 Å². The highest BCUT2D eigenvalue weighted by Gasteiger charge is 2.15. The molecule has 2 aromatic heterocycles. The SMILES string of the molecule is CCn1c(C)cc(C(=O)CSc2ccc(Cl)cn2)c1C. The Morgan fingerprint density at radius 1 is 1.40 bits per heavy atom. The highest BCUT2D eigenvalue weighted by molar-refractivity contribution is 7.99. The van der Waals surface area contributed by atoms with Crippen LogP contribution in [0.4, 0.5) is 0 Å². The largest absolute Gasteiger partial charge is 0.349 e. The number of hydrogen-bond acceptors (Lipinski definition) is 3. The summed E-state index contributed by atoms with van der Waals surface area (Å²) in [6.45, 7) is 6.99. The first-order valence-electron chi connectivity index (χ1n) is 6.47. The van der Waals surface area contributed by atoms with E-state index in [0.29, 0.717) is 10.8 Å². The van der Waals surface area contributed by atoms with Crippen LogP contribution in [-0.2, 0) is 6.54 Å². The molecule has 20 heavy (non-hydrogen) atoms. The van der Waals surface area contributed by atoms with Crippen molar-refractivity contribution in [3.63, 3.8) is 0 Å². The number of carbonyl (C=O) groups is 1. The van der Waals surface area contributed by atoms with Crippen LogP contribution in [0.3, 0.4) is 0 Å². The van der Waals surface area contributed by atoms with Crippen LogP contribution < -0.4 is 0 Å². The van der Waals surface area contributed by atoms with Crippen LogP contribution in [-0.4, -0.2) is 21.1 Å². The normalized spacial score (nSPS) is 10.8. The molecule has 0 aliphatic rings. The number of halogens is 1. The van der Waals surface area contributed by atoms with Crippen molar-refractivity contribution in [2.75, 3.05) is 5.75 Å². The molecule has 0 N–H and O–H groups in total. The molecule has 3 nitrogen and oxygen atoms in total. The highest BCUT2D eigenvalue weighted by atomic mass is 35.5. The van der Waals surface area contributed by atoms with E-state index in [1.807, 2.05) is 26.0 Å². The minimum Gasteiger partial charge on any atom is -0.349 e.